The van der Waals surface area contributed by atoms with Crippen LogP contribution in [0, 0.1) is 11.6 Å². The highest BCUT2D eigenvalue weighted by atomic mass is 19.2. The van der Waals surface area contributed by atoms with Gasteiger partial charge in [0.15, 0.2) is 11.6 Å². The summed E-state index contributed by atoms with van der Waals surface area (Å²) in [6.45, 7) is 0.371. The van der Waals surface area contributed by atoms with Gasteiger partial charge in [0.1, 0.15) is 6.04 Å². The van der Waals surface area contributed by atoms with Crippen LogP contribution in [0.2, 0.25) is 0 Å². The third-order valence-electron chi connectivity index (χ3n) is 5.86. The molecule has 4 heterocycles. The van der Waals surface area contributed by atoms with E-state index in [-0.39, 0.29) is 17.3 Å². The van der Waals surface area contributed by atoms with Gasteiger partial charge in [0, 0.05) is 29.6 Å². The van der Waals surface area contributed by atoms with Gasteiger partial charge in [-0.1, -0.05) is 24.3 Å². The lowest BCUT2D eigenvalue weighted by molar-refractivity contribution is 0.0647. The first-order valence-electron chi connectivity index (χ1n) is 10.6. The van der Waals surface area contributed by atoms with Gasteiger partial charge in [0.2, 0.25) is 5.89 Å². The fourth-order valence-electron chi connectivity index (χ4n) is 4.21. The summed E-state index contributed by atoms with van der Waals surface area (Å²) in [6.07, 6.45) is 2.16. The number of fused-ring (bicyclic) bond motifs is 2. The van der Waals surface area contributed by atoms with Crippen molar-refractivity contribution in [3.05, 3.63) is 95.5 Å². The first kappa shape index (κ1) is 20.2. The standard InChI is InChI=1S/C24H16F2N6O2/c25-15-7-5-14(11-16(15)26)22-30-31-23(34-22)24(33)32-10-9-18-20(28-12-27-18)21(32)19-8-6-13-3-1-2-4-17(13)29-19/h1-8,11-12,21H,9-10H2,(H,27,28)/t21-/m1/s1. The number of halogens is 2. The molecular formula is C24H16F2N6O2. The molecule has 1 aliphatic rings. The molecule has 1 aliphatic heterocycles. The highest BCUT2D eigenvalue weighted by Gasteiger charge is 2.37. The molecule has 168 valence electrons. The smallest absolute Gasteiger partial charge is 0.312 e. The Morgan fingerprint density at radius 3 is 2.82 bits per heavy atom. The number of para-hydroxylation sites is 1. The van der Waals surface area contributed by atoms with Crippen molar-refractivity contribution in [3.63, 3.8) is 0 Å². The minimum atomic E-state index is -1.05. The summed E-state index contributed by atoms with van der Waals surface area (Å²) in [6, 6.07) is 14.2. The Bertz CT molecular complexity index is 1550. The molecule has 0 fully saturated rings. The molecule has 0 spiro atoms. The number of nitrogens with one attached hydrogen (secondary N) is 1. The average Bonchev–Trinajstić information content (AvgIpc) is 3.54. The molecule has 2 aromatic carbocycles. The fourth-order valence-corrected chi connectivity index (χ4v) is 4.21. The van der Waals surface area contributed by atoms with E-state index in [4.69, 9.17) is 9.40 Å². The molecule has 8 nitrogen and oxygen atoms in total. The number of benzene rings is 2. The van der Waals surface area contributed by atoms with E-state index >= 15 is 0 Å². The molecule has 0 saturated carbocycles. The van der Waals surface area contributed by atoms with Gasteiger partial charge in [-0.05, 0) is 30.3 Å². The number of imidazole rings is 1. The first-order chi connectivity index (χ1) is 16.6. The summed E-state index contributed by atoms with van der Waals surface area (Å²) < 4.78 is 32.4. The third kappa shape index (κ3) is 3.31. The van der Waals surface area contributed by atoms with Gasteiger partial charge < -0.3 is 14.3 Å². The molecular weight excluding hydrogens is 442 g/mol. The zero-order valence-electron chi connectivity index (χ0n) is 17.6. The van der Waals surface area contributed by atoms with Gasteiger partial charge in [0.05, 0.1) is 23.2 Å². The maximum absolute atomic E-state index is 13.6. The second kappa shape index (κ2) is 7.84. The van der Waals surface area contributed by atoms with Crippen molar-refractivity contribution in [2.45, 2.75) is 12.5 Å². The lowest BCUT2D eigenvalue weighted by Gasteiger charge is -2.33. The van der Waals surface area contributed by atoms with E-state index < -0.39 is 23.6 Å². The van der Waals surface area contributed by atoms with Gasteiger partial charge in [-0.25, -0.2) is 13.8 Å². The van der Waals surface area contributed by atoms with Crippen molar-refractivity contribution < 1.29 is 18.0 Å². The largest absolute Gasteiger partial charge is 0.412 e. The minimum absolute atomic E-state index is 0.0832. The van der Waals surface area contributed by atoms with E-state index in [2.05, 4.69) is 20.2 Å². The van der Waals surface area contributed by atoms with Gasteiger partial charge in [-0.3, -0.25) is 9.78 Å². The van der Waals surface area contributed by atoms with Crippen LogP contribution in [0.1, 0.15) is 33.8 Å². The number of amides is 1. The van der Waals surface area contributed by atoms with Gasteiger partial charge in [-0.2, -0.15) is 0 Å². The minimum Gasteiger partial charge on any atom is -0.412 e. The Morgan fingerprint density at radius 1 is 1.06 bits per heavy atom. The maximum Gasteiger partial charge on any atom is 0.312 e. The summed E-state index contributed by atoms with van der Waals surface area (Å²) in [5, 5.41) is 8.71. The third-order valence-corrected chi connectivity index (χ3v) is 5.86. The van der Waals surface area contributed by atoms with Crippen LogP contribution in [0.5, 0.6) is 0 Å². The molecule has 5 aromatic rings. The number of hydrogen-bond acceptors (Lipinski definition) is 6. The number of aromatic amines is 1. The lowest BCUT2D eigenvalue weighted by atomic mass is 9.98. The number of hydrogen-bond donors (Lipinski definition) is 1. The average molecular weight is 458 g/mol. The topological polar surface area (TPSA) is 101 Å². The van der Waals surface area contributed by atoms with Crippen LogP contribution in [-0.4, -0.2) is 42.5 Å². The van der Waals surface area contributed by atoms with Crippen molar-refractivity contribution >= 4 is 16.8 Å². The number of aromatic nitrogens is 5. The summed E-state index contributed by atoms with van der Waals surface area (Å²) in [7, 11) is 0. The molecule has 1 atom stereocenters. The second-order valence-electron chi connectivity index (χ2n) is 7.89. The van der Waals surface area contributed by atoms with Crippen LogP contribution >= 0.6 is 0 Å². The van der Waals surface area contributed by atoms with E-state index in [1.807, 2.05) is 36.4 Å². The number of rotatable bonds is 3. The number of nitrogens with zero attached hydrogens (tertiary/aromatic N) is 5. The monoisotopic (exact) mass is 458 g/mol. The highest BCUT2D eigenvalue weighted by molar-refractivity contribution is 5.90. The van der Waals surface area contributed by atoms with E-state index in [9.17, 15) is 13.6 Å². The number of H-pyrrole nitrogens is 1. The van der Waals surface area contributed by atoms with Gasteiger partial charge in [0.25, 0.3) is 0 Å². The van der Waals surface area contributed by atoms with Gasteiger partial charge >= 0.3 is 11.8 Å². The molecule has 0 bridgehead atoms. The van der Waals surface area contributed by atoms with Crippen LogP contribution in [-0.2, 0) is 6.42 Å². The lowest BCUT2D eigenvalue weighted by Crippen LogP contribution is -2.41. The number of pyridine rings is 1. The normalized spacial score (nSPS) is 15.5. The quantitative estimate of drug-likeness (QED) is 0.437. The first-order valence-corrected chi connectivity index (χ1v) is 10.6. The van der Waals surface area contributed by atoms with Crippen molar-refractivity contribution in [2.24, 2.45) is 0 Å². The molecule has 6 rings (SSSR count). The zero-order valence-corrected chi connectivity index (χ0v) is 17.6. The molecule has 10 heteroatoms. The Hall–Kier alpha value is -4.47. The van der Waals surface area contributed by atoms with Crippen LogP contribution in [0.25, 0.3) is 22.4 Å². The number of carbonyl (C=O) groups excluding carboxylic acids is 1. The SMILES string of the molecule is O=C(c1nnc(-c2ccc(F)c(F)c2)o1)N1CCc2[nH]cnc2[C@H]1c1ccc2ccccc2n1. The Labute approximate surface area is 191 Å². The van der Waals surface area contributed by atoms with Crippen LogP contribution in [0.4, 0.5) is 8.78 Å². The van der Waals surface area contributed by atoms with Crippen molar-refractivity contribution in [2.75, 3.05) is 6.54 Å². The fraction of sp³-hybridized carbons (Fsp3) is 0.125. The van der Waals surface area contributed by atoms with E-state index in [0.29, 0.717) is 24.4 Å². The van der Waals surface area contributed by atoms with Crippen molar-refractivity contribution in [1.82, 2.24) is 30.0 Å². The molecule has 0 saturated heterocycles. The zero-order chi connectivity index (χ0) is 23.2. The molecule has 0 unspecified atom stereocenters. The predicted octanol–water partition coefficient (Wildman–Crippen LogP) is 4.07. The van der Waals surface area contributed by atoms with Gasteiger partial charge in [-0.15, -0.1) is 10.2 Å². The molecule has 3 aromatic heterocycles. The van der Waals surface area contributed by atoms with E-state index in [1.54, 1.807) is 11.2 Å². The van der Waals surface area contributed by atoms with Crippen LogP contribution < -0.4 is 0 Å². The second-order valence-corrected chi connectivity index (χ2v) is 7.89. The van der Waals surface area contributed by atoms with Crippen molar-refractivity contribution in [3.8, 4) is 11.5 Å². The molecule has 1 N–H and O–H groups in total. The predicted molar refractivity (Wildman–Crippen MR) is 117 cm³/mol. The molecule has 0 aliphatic carbocycles. The maximum atomic E-state index is 13.6. The van der Waals surface area contributed by atoms with Crippen LogP contribution in [0.3, 0.4) is 0 Å². The van der Waals surface area contributed by atoms with Crippen molar-refractivity contribution in [1.29, 1.82) is 0 Å². The Balaban J connectivity index is 1.38. The molecule has 0 radical (unpaired) electrons. The number of carbonyl (C=O) groups is 1. The van der Waals surface area contributed by atoms with Crippen LogP contribution in [0.15, 0.2) is 65.3 Å². The summed E-state index contributed by atoms with van der Waals surface area (Å²) >= 11 is 0. The summed E-state index contributed by atoms with van der Waals surface area (Å²) in [5.74, 6) is -2.89. The highest BCUT2D eigenvalue weighted by Crippen LogP contribution is 2.34. The molecule has 1 amide bonds. The summed E-state index contributed by atoms with van der Waals surface area (Å²) in [4.78, 5) is 27.4. The molecule has 34 heavy (non-hydrogen) atoms. The Kier molecular flexibility index (Phi) is 4.65. The van der Waals surface area contributed by atoms with E-state index in [0.717, 1.165) is 28.7 Å². The Morgan fingerprint density at radius 2 is 1.94 bits per heavy atom. The van der Waals surface area contributed by atoms with E-state index in [1.165, 1.54) is 6.07 Å². The summed E-state index contributed by atoms with van der Waals surface area (Å²) in [5.41, 5.74) is 3.25.